The lowest BCUT2D eigenvalue weighted by molar-refractivity contribution is -0.143. The van der Waals surface area contributed by atoms with Gasteiger partial charge in [-0.05, 0) is 56.9 Å². The summed E-state index contributed by atoms with van der Waals surface area (Å²) in [6.45, 7) is 11.2. The van der Waals surface area contributed by atoms with Gasteiger partial charge in [-0.1, -0.05) is 55.8 Å². The monoisotopic (exact) mass is 540 g/mol. The van der Waals surface area contributed by atoms with E-state index < -0.39 is 41.6 Å². The van der Waals surface area contributed by atoms with Crippen LogP contribution in [0.25, 0.3) is 0 Å². The predicted molar refractivity (Wildman–Crippen MR) is 143 cm³/mol. The minimum Gasteiger partial charge on any atom is -0.465 e. The Hall–Kier alpha value is -1.70. The number of ether oxygens (including phenoxy) is 1. The highest BCUT2D eigenvalue weighted by molar-refractivity contribution is 8.00. The summed E-state index contributed by atoms with van der Waals surface area (Å²) in [5.41, 5.74) is 1.21. The Bertz CT molecular complexity index is 988. The summed E-state index contributed by atoms with van der Waals surface area (Å²) in [5.74, 6) is -1.22. The molecule has 36 heavy (non-hydrogen) atoms. The lowest BCUT2D eigenvalue weighted by atomic mass is 10.00. The Morgan fingerprint density at radius 3 is 1.94 bits per heavy atom. The molecule has 0 spiro atoms. The van der Waals surface area contributed by atoms with E-state index in [1.54, 1.807) is 32.9 Å². The number of hydrogen-bond donors (Lipinski definition) is 1. The normalized spacial score (nSPS) is 15.4. The first-order chi connectivity index (χ1) is 17.1. The molecule has 1 N–H and O–H groups in total. The van der Waals surface area contributed by atoms with E-state index in [0.717, 1.165) is 11.1 Å². The number of benzene rings is 2. The van der Waals surface area contributed by atoms with E-state index in [1.165, 1.54) is 23.9 Å². The first-order valence-electron chi connectivity index (χ1n) is 12.3. The van der Waals surface area contributed by atoms with Gasteiger partial charge in [0.1, 0.15) is 5.82 Å². The molecule has 2 aromatic rings. The first kappa shape index (κ1) is 30.5. The van der Waals surface area contributed by atoms with E-state index in [2.05, 4.69) is 0 Å². The summed E-state index contributed by atoms with van der Waals surface area (Å²) >= 11 is 1.33. The summed E-state index contributed by atoms with van der Waals surface area (Å²) in [6, 6.07) is 13.4. The zero-order chi connectivity index (χ0) is 26.9. The molecule has 4 atom stereocenters. The fourth-order valence-corrected chi connectivity index (χ4v) is 8.26. The Morgan fingerprint density at radius 1 is 0.944 bits per heavy atom. The molecule has 0 saturated heterocycles. The van der Waals surface area contributed by atoms with Crippen LogP contribution >= 0.6 is 19.4 Å². The van der Waals surface area contributed by atoms with Crippen LogP contribution in [-0.2, 0) is 23.1 Å². The molecule has 0 radical (unpaired) electrons. The molecule has 9 heteroatoms. The molecule has 6 nitrogen and oxygen atoms in total. The van der Waals surface area contributed by atoms with Crippen molar-refractivity contribution in [3.8, 4) is 0 Å². The SMILES string of the molecule is CCOC(=O)C(C(SC(c1ccc(C)cc1)C(O)c1ccc(F)cc1)C(C)C)P(=O)(OCC)OCC. The van der Waals surface area contributed by atoms with Crippen LogP contribution in [0.1, 0.15) is 62.7 Å². The largest absolute Gasteiger partial charge is 0.465 e. The third-order valence-electron chi connectivity index (χ3n) is 5.66. The van der Waals surface area contributed by atoms with Crippen molar-refractivity contribution in [2.45, 2.75) is 63.8 Å². The van der Waals surface area contributed by atoms with Gasteiger partial charge in [0, 0.05) is 5.25 Å². The molecule has 4 unspecified atom stereocenters. The molecule has 0 aliphatic carbocycles. The van der Waals surface area contributed by atoms with Crippen LogP contribution in [0, 0.1) is 18.7 Å². The molecule has 0 aliphatic heterocycles. The van der Waals surface area contributed by atoms with E-state index in [9.17, 15) is 18.9 Å². The van der Waals surface area contributed by atoms with Gasteiger partial charge in [-0.15, -0.1) is 11.8 Å². The van der Waals surface area contributed by atoms with Gasteiger partial charge in [0.15, 0.2) is 5.66 Å². The van der Waals surface area contributed by atoms with Crippen LogP contribution in [0.15, 0.2) is 48.5 Å². The van der Waals surface area contributed by atoms with E-state index in [-0.39, 0.29) is 25.7 Å². The summed E-state index contributed by atoms with van der Waals surface area (Å²) in [4.78, 5) is 13.3. The molecule has 0 amide bonds. The van der Waals surface area contributed by atoms with Gasteiger partial charge < -0.3 is 18.9 Å². The fourth-order valence-electron chi connectivity index (χ4n) is 3.92. The maximum absolute atomic E-state index is 14.0. The van der Waals surface area contributed by atoms with E-state index in [0.29, 0.717) is 5.56 Å². The number of halogens is 1. The van der Waals surface area contributed by atoms with E-state index >= 15 is 0 Å². The van der Waals surface area contributed by atoms with Crippen molar-refractivity contribution in [1.29, 1.82) is 0 Å². The van der Waals surface area contributed by atoms with Gasteiger partial charge in [0.2, 0.25) is 0 Å². The van der Waals surface area contributed by atoms with Crippen molar-refractivity contribution in [1.82, 2.24) is 0 Å². The Kier molecular flexibility index (Phi) is 12.1. The Balaban J connectivity index is 2.61. The number of hydrogen-bond acceptors (Lipinski definition) is 7. The van der Waals surface area contributed by atoms with Crippen LogP contribution in [0.4, 0.5) is 4.39 Å². The third kappa shape index (κ3) is 7.90. The minimum atomic E-state index is -3.92. The number of aliphatic hydroxyl groups excluding tert-OH is 1. The second-order valence-corrected chi connectivity index (χ2v) is 12.2. The smallest absolute Gasteiger partial charge is 0.346 e. The molecular formula is C27H38FO6PS. The summed E-state index contributed by atoms with van der Waals surface area (Å²) in [5, 5.41) is 10.3. The second kappa shape index (κ2) is 14.3. The average molecular weight is 541 g/mol. The van der Waals surface area contributed by atoms with Crippen molar-refractivity contribution in [2.75, 3.05) is 19.8 Å². The highest BCUT2D eigenvalue weighted by Gasteiger charge is 2.50. The topological polar surface area (TPSA) is 82.1 Å². The average Bonchev–Trinajstić information content (AvgIpc) is 2.82. The summed E-state index contributed by atoms with van der Waals surface area (Å²) < 4.78 is 44.1. The van der Waals surface area contributed by atoms with Crippen LogP contribution in [-0.4, -0.2) is 41.8 Å². The van der Waals surface area contributed by atoms with Gasteiger partial charge in [-0.25, -0.2) is 4.39 Å². The number of carbonyl (C=O) groups excluding carboxylic acids is 1. The number of rotatable bonds is 14. The zero-order valence-electron chi connectivity index (χ0n) is 21.8. The van der Waals surface area contributed by atoms with Gasteiger partial charge >= 0.3 is 13.6 Å². The standard InChI is InChI=1S/C27H38FO6PS/c1-7-32-27(30)24(35(31,33-8-2)34-9-3)25(18(4)5)36-26(21-12-10-19(6)11-13-21)23(29)20-14-16-22(28)17-15-20/h10-18,23-26,29H,7-9H2,1-6H3. The van der Waals surface area contributed by atoms with Crippen molar-refractivity contribution in [2.24, 2.45) is 5.92 Å². The van der Waals surface area contributed by atoms with E-state index in [1.807, 2.05) is 45.0 Å². The van der Waals surface area contributed by atoms with Crippen molar-refractivity contribution in [3.05, 3.63) is 71.0 Å². The number of thioether (sulfide) groups is 1. The van der Waals surface area contributed by atoms with Crippen LogP contribution in [0.3, 0.4) is 0 Å². The molecule has 0 aliphatic rings. The highest BCUT2D eigenvalue weighted by Crippen LogP contribution is 2.59. The Labute approximate surface area is 218 Å². The van der Waals surface area contributed by atoms with Crippen LogP contribution in [0.2, 0.25) is 0 Å². The van der Waals surface area contributed by atoms with Crippen molar-refractivity contribution >= 4 is 25.3 Å². The molecule has 0 fully saturated rings. The van der Waals surface area contributed by atoms with Gasteiger partial charge in [0.25, 0.3) is 0 Å². The van der Waals surface area contributed by atoms with E-state index in [4.69, 9.17) is 13.8 Å². The first-order valence-corrected chi connectivity index (χ1v) is 14.8. The molecule has 0 bridgehead atoms. The third-order valence-corrected chi connectivity index (χ3v) is 10.3. The molecule has 0 heterocycles. The maximum atomic E-state index is 14.0. The van der Waals surface area contributed by atoms with Crippen LogP contribution < -0.4 is 0 Å². The molecule has 2 rings (SSSR count). The minimum absolute atomic E-state index is 0.0995. The van der Waals surface area contributed by atoms with Gasteiger partial charge in [-0.2, -0.15) is 0 Å². The van der Waals surface area contributed by atoms with Gasteiger partial charge in [-0.3, -0.25) is 9.36 Å². The van der Waals surface area contributed by atoms with Crippen molar-refractivity contribution in [3.63, 3.8) is 0 Å². The predicted octanol–water partition coefficient (Wildman–Crippen LogP) is 6.86. The summed E-state index contributed by atoms with van der Waals surface area (Å²) in [6.07, 6.45) is -1.03. The maximum Gasteiger partial charge on any atom is 0.346 e. The fraction of sp³-hybridized carbons (Fsp3) is 0.519. The number of aryl methyl sites for hydroxylation is 1. The lowest BCUT2D eigenvalue weighted by Gasteiger charge is -2.36. The molecule has 0 aromatic heterocycles. The van der Waals surface area contributed by atoms with Gasteiger partial charge in [0.05, 0.1) is 31.2 Å². The lowest BCUT2D eigenvalue weighted by Crippen LogP contribution is -2.39. The molecule has 200 valence electrons. The number of esters is 1. The Morgan fingerprint density at radius 2 is 1.47 bits per heavy atom. The summed E-state index contributed by atoms with van der Waals surface area (Å²) in [7, 11) is -3.92. The molecule has 0 saturated carbocycles. The molecular weight excluding hydrogens is 502 g/mol. The number of carbonyl (C=O) groups is 1. The van der Waals surface area contributed by atoms with Crippen LogP contribution in [0.5, 0.6) is 0 Å². The second-order valence-electron chi connectivity index (χ2n) is 8.74. The van der Waals surface area contributed by atoms with Crippen molar-refractivity contribution < 1.29 is 32.6 Å². The zero-order valence-corrected chi connectivity index (χ0v) is 23.6. The highest BCUT2D eigenvalue weighted by atomic mass is 32.2. The number of aliphatic hydroxyl groups is 1. The molecule has 2 aromatic carbocycles. The quantitative estimate of drug-likeness (QED) is 0.207.